The van der Waals surface area contributed by atoms with Gasteiger partial charge in [-0.2, -0.15) is 0 Å². The van der Waals surface area contributed by atoms with Crippen LogP contribution in [0, 0.1) is 5.92 Å². The molecule has 0 aliphatic carbocycles. The Bertz CT molecular complexity index is 81.1. The molecule has 0 aromatic heterocycles. The zero-order chi connectivity index (χ0) is 6.69. The molecular weight excluding hydrogens is 113 g/mol. The van der Waals surface area contributed by atoms with Crippen molar-refractivity contribution in [2.75, 3.05) is 13.2 Å². The van der Waals surface area contributed by atoms with Crippen LogP contribution in [-0.4, -0.2) is 25.5 Å². The average molecular weight is 127 g/mol. The Balaban J connectivity index is 2.11. The molecule has 0 unspecified atom stereocenters. The number of hydrogen-bond donors (Lipinski definition) is 0. The summed E-state index contributed by atoms with van der Waals surface area (Å²) in [6, 6.07) is 0. The fraction of sp³-hybridized carbons (Fsp3) is 1.00. The zero-order valence-corrected chi connectivity index (χ0v) is 6.26. The third kappa shape index (κ3) is 2.37. The molecule has 9 heavy (non-hydrogen) atoms. The fourth-order valence-electron chi connectivity index (χ4n) is 1.05. The summed E-state index contributed by atoms with van der Waals surface area (Å²) in [6.45, 7) is 6.43. The van der Waals surface area contributed by atoms with Crippen LogP contribution < -0.4 is 0 Å². The number of hydroxylamine groups is 1. The molecule has 1 aliphatic heterocycles. The Labute approximate surface area is 57.4 Å². The van der Waals surface area contributed by atoms with Gasteiger partial charge in [0, 0.05) is 6.54 Å². The maximum Gasteiger partial charge on any atom is 0.241 e. The summed E-state index contributed by atoms with van der Waals surface area (Å²) in [5, 5.41) is 0. The molecule has 0 radical (unpaired) electrons. The van der Waals surface area contributed by atoms with Gasteiger partial charge in [0.15, 0.2) is 0 Å². The van der Waals surface area contributed by atoms with E-state index in [0.717, 1.165) is 26.5 Å². The van der Waals surface area contributed by atoms with Gasteiger partial charge in [0.05, 0.1) is 6.61 Å². The molecule has 0 atom stereocenters. The average Bonchev–Trinajstić information content (AvgIpc) is 2.15. The van der Waals surface area contributed by atoms with E-state index >= 15 is 0 Å². The number of hydrogen-bond acceptors (Lipinski definition) is 2. The van der Waals surface area contributed by atoms with Crippen LogP contribution in [0.15, 0.2) is 0 Å². The first kappa shape index (κ1) is 7.10. The normalized spacial score (nSPS) is 20.8. The van der Waals surface area contributed by atoms with E-state index in [2.05, 4.69) is 18.8 Å². The molecule has 1 aliphatic rings. The summed E-state index contributed by atoms with van der Waals surface area (Å²) in [4.78, 5) is 7.36. The molecule has 0 saturated carbocycles. The molecule has 1 saturated heterocycles. The second kappa shape index (κ2) is 3.23. The van der Waals surface area contributed by atoms with E-state index in [1.165, 1.54) is 6.32 Å². The van der Waals surface area contributed by atoms with Crippen LogP contribution in [0.1, 0.15) is 13.8 Å². The van der Waals surface area contributed by atoms with Crippen LogP contribution in [0.3, 0.4) is 0 Å². The van der Waals surface area contributed by atoms with Crippen molar-refractivity contribution in [3.05, 3.63) is 0 Å². The predicted molar refractivity (Wildman–Crippen MR) is 39.5 cm³/mol. The maximum atomic E-state index is 5.30. The van der Waals surface area contributed by atoms with E-state index in [9.17, 15) is 0 Å². The molecule has 0 aromatic rings. The minimum Gasteiger partial charge on any atom is -0.312 e. The second-order valence-corrected chi connectivity index (χ2v) is 2.97. The highest BCUT2D eigenvalue weighted by Gasteiger charge is 2.14. The van der Waals surface area contributed by atoms with E-state index in [0.29, 0.717) is 0 Å². The van der Waals surface area contributed by atoms with Crippen molar-refractivity contribution >= 4 is 7.41 Å². The molecule has 2 nitrogen and oxygen atoms in total. The van der Waals surface area contributed by atoms with Crippen LogP contribution in [-0.2, 0) is 4.84 Å². The molecule has 1 fully saturated rings. The van der Waals surface area contributed by atoms with E-state index in [1.54, 1.807) is 0 Å². The Morgan fingerprint density at radius 3 is 2.89 bits per heavy atom. The van der Waals surface area contributed by atoms with Gasteiger partial charge in [-0.25, -0.2) is 4.97 Å². The van der Waals surface area contributed by atoms with E-state index in [-0.39, 0.29) is 0 Å². The highest BCUT2D eigenvalue weighted by atomic mass is 16.7. The van der Waals surface area contributed by atoms with E-state index < -0.39 is 0 Å². The molecule has 1 heterocycles. The topological polar surface area (TPSA) is 12.5 Å². The summed E-state index contributed by atoms with van der Waals surface area (Å²) >= 11 is 0. The van der Waals surface area contributed by atoms with Crippen molar-refractivity contribution in [3.8, 4) is 0 Å². The van der Waals surface area contributed by atoms with Crippen LogP contribution in [0.2, 0.25) is 6.32 Å². The molecule has 3 heteroatoms. The van der Waals surface area contributed by atoms with Gasteiger partial charge >= 0.3 is 0 Å². The van der Waals surface area contributed by atoms with Gasteiger partial charge in [-0.3, -0.25) is 0 Å². The SMILES string of the molecule is CC(C)CN1BCCO1. The van der Waals surface area contributed by atoms with Crippen molar-refractivity contribution in [2.24, 2.45) is 5.92 Å². The lowest BCUT2D eigenvalue weighted by Gasteiger charge is -2.15. The third-order valence-corrected chi connectivity index (χ3v) is 1.39. The van der Waals surface area contributed by atoms with Crippen molar-refractivity contribution in [1.82, 2.24) is 4.97 Å². The lowest BCUT2D eigenvalue weighted by atomic mass is 9.90. The highest BCUT2D eigenvalue weighted by molar-refractivity contribution is 6.32. The van der Waals surface area contributed by atoms with Crippen molar-refractivity contribution in [3.63, 3.8) is 0 Å². The van der Waals surface area contributed by atoms with Crippen molar-refractivity contribution in [2.45, 2.75) is 20.2 Å². The van der Waals surface area contributed by atoms with E-state index in [1.807, 2.05) is 0 Å². The monoisotopic (exact) mass is 127 g/mol. The molecule has 0 spiro atoms. The Hall–Kier alpha value is -0.0151. The van der Waals surface area contributed by atoms with Crippen LogP contribution >= 0.6 is 0 Å². The summed E-state index contributed by atoms with van der Waals surface area (Å²) in [5.41, 5.74) is 0. The lowest BCUT2D eigenvalue weighted by Crippen LogP contribution is -2.24. The first-order chi connectivity index (χ1) is 4.29. The first-order valence-electron chi connectivity index (χ1n) is 3.67. The maximum absolute atomic E-state index is 5.30. The first-order valence-corrected chi connectivity index (χ1v) is 3.67. The Morgan fingerprint density at radius 2 is 2.44 bits per heavy atom. The Kier molecular flexibility index (Phi) is 2.55. The van der Waals surface area contributed by atoms with Crippen LogP contribution in [0.25, 0.3) is 0 Å². The summed E-state index contributed by atoms with van der Waals surface area (Å²) < 4.78 is 0. The van der Waals surface area contributed by atoms with Gasteiger partial charge in [-0.05, 0) is 12.2 Å². The van der Waals surface area contributed by atoms with Crippen LogP contribution in [0.4, 0.5) is 0 Å². The Morgan fingerprint density at radius 1 is 1.67 bits per heavy atom. The third-order valence-electron chi connectivity index (χ3n) is 1.39. The van der Waals surface area contributed by atoms with Gasteiger partial charge in [0.25, 0.3) is 0 Å². The standard InChI is InChI=1S/C6H14BNO/c1-6(2)5-8-7-3-4-9-8/h6-7H,3-5H2,1-2H3. The second-order valence-electron chi connectivity index (χ2n) is 2.97. The van der Waals surface area contributed by atoms with Gasteiger partial charge < -0.3 is 4.84 Å². The molecule has 0 aromatic carbocycles. The summed E-state index contributed by atoms with van der Waals surface area (Å²) in [6.07, 6.45) is 1.20. The number of rotatable bonds is 2. The van der Waals surface area contributed by atoms with Gasteiger partial charge in [0.2, 0.25) is 7.41 Å². The largest absolute Gasteiger partial charge is 0.312 e. The summed E-state index contributed by atoms with van der Waals surface area (Å²) in [5.74, 6) is 0.725. The van der Waals surface area contributed by atoms with Gasteiger partial charge in [-0.1, -0.05) is 13.8 Å². The number of nitrogens with zero attached hydrogens (tertiary/aromatic N) is 1. The quantitative estimate of drug-likeness (QED) is 0.505. The zero-order valence-electron chi connectivity index (χ0n) is 6.26. The minimum atomic E-state index is 0.725. The molecule has 0 amide bonds. The predicted octanol–water partition coefficient (Wildman–Crippen LogP) is 0.659. The van der Waals surface area contributed by atoms with Crippen LogP contribution in [0.5, 0.6) is 0 Å². The van der Waals surface area contributed by atoms with Crippen molar-refractivity contribution in [1.29, 1.82) is 0 Å². The highest BCUT2D eigenvalue weighted by Crippen LogP contribution is 2.05. The van der Waals surface area contributed by atoms with Gasteiger partial charge in [-0.15, -0.1) is 0 Å². The molecule has 1 rings (SSSR count). The minimum absolute atomic E-state index is 0.725. The molecule has 52 valence electrons. The van der Waals surface area contributed by atoms with Crippen molar-refractivity contribution < 1.29 is 4.84 Å². The lowest BCUT2D eigenvalue weighted by molar-refractivity contribution is -0.0670. The molecule has 0 N–H and O–H groups in total. The van der Waals surface area contributed by atoms with E-state index in [4.69, 9.17) is 4.84 Å². The summed E-state index contributed by atoms with van der Waals surface area (Å²) in [7, 11) is 1.12. The fourth-order valence-corrected chi connectivity index (χ4v) is 1.05. The smallest absolute Gasteiger partial charge is 0.241 e. The molecular formula is C6H14BNO. The van der Waals surface area contributed by atoms with Gasteiger partial charge in [0.1, 0.15) is 0 Å². The molecule has 0 bridgehead atoms.